The number of aliphatic hydroxyl groups is 1. The Hall–Kier alpha value is -2.08. The molecule has 20 heavy (non-hydrogen) atoms. The number of alkyl carbamates (subject to hydrolysis) is 1. The molecule has 6 heteroatoms. The molecule has 0 saturated carbocycles. The smallest absolute Gasteiger partial charge is 0.408 e. The Morgan fingerprint density at radius 1 is 1.20 bits per heavy atom. The quantitative estimate of drug-likeness (QED) is 0.760. The molecule has 0 aliphatic carbocycles. The second-order valence-corrected chi connectivity index (χ2v) is 5.18. The van der Waals surface area contributed by atoms with Crippen LogP contribution in [0.1, 0.15) is 26.3 Å². The minimum Gasteiger partial charge on any atom is -0.479 e. The summed E-state index contributed by atoms with van der Waals surface area (Å²) >= 11 is 0. The van der Waals surface area contributed by atoms with Gasteiger partial charge >= 0.3 is 12.1 Å². The molecular formula is C14H19NO5. The predicted molar refractivity (Wildman–Crippen MR) is 72.1 cm³/mol. The zero-order chi connectivity index (χ0) is 15.4. The van der Waals surface area contributed by atoms with Gasteiger partial charge in [0.15, 0.2) is 5.54 Å². The number of carboxylic acid groups (broad SMARTS) is 1. The first-order valence-corrected chi connectivity index (χ1v) is 6.11. The first-order valence-electron chi connectivity index (χ1n) is 6.11. The lowest BCUT2D eigenvalue weighted by atomic mass is 9.84. The van der Waals surface area contributed by atoms with Gasteiger partial charge in [0.2, 0.25) is 0 Å². The number of nitrogens with one attached hydrogen (secondary N) is 1. The summed E-state index contributed by atoms with van der Waals surface area (Å²) in [6.07, 6.45) is -0.902. The van der Waals surface area contributed by atoms with E-state index in [4.69, 9.17) is 4.74 Å². The van der Waals surface area contributed by atoms with Gasteiger partial charge in [-0.05, 0) is 26.3 Å². The van der Waals surface area contributed by atoms with Crippen molar-refractivity contribution < 1.29 is 24.5 Å². The Bertz CT molecular complexity index is 480. The standard InChI is InChI=1S/C14H19NO5/c1-13(2,19)14(3,11(16)17)15-12(18)20-9-10-7-5-4-6-8-10/h4-8,19H,9H2,1-3H3,(H,15,18)(H,16,17). The molecule has 3 N–H and O–H groups in total. The molecule has 0 aliphatic rings. The second-order valence-electron chi connectivity index (χ2n) is 5.18. The van der Waals surface area contributed by atoms with Crippen LogP contribution in [0.15, 0.2) is 30.3 Å². The maximum absolute atomic E-state index is 11.7. The van der Waals surface area contributed by atoms with Crippen molar-refractivity contribution in [1.29, 1.82) is 0 Å². The average molecular weight is 281 g/mol. The van der Waals surface area contributed by atoms with Crippen LogP contribution in [0, 0.1) is 0 Å². The number of hydrogen-bond donors (Lipinski definition) is 3. The molecule has 6 nitrogen and oxygen atoms in total. The molecule has 1 unspecified atom stereocenters. The summed E-state index contributed by atoms with van der Waals surface area (Å²) in [7, 11) is 0. The molecule has 0 spiro atoms. The number of rotatable bonds is 5. The Kier molecular flexibility index (Phi) is 4.73. The van der Waals surface area contributed by atoms with Gasteiger partial charge in [0.1, 0.15) is 6.61 Å². The Labute approximate surface area is 117 Å². The molecule has 110 valence electrons. The van der Waals surface area contributed by atoms with Crippen molar-refractivity contribution in [3.63, 3.8) is 0 Å². The fourth-order valence-electron chi connectivity index (χ4n) is 1.43. The molecule has 0 saturated heterocycles. The topological polar surface area (TPSA) is 95.9 Å². The SMILES string of the molecule is CC(C)(O)C(C)(NC(=O)OCc1ccccc1)C(=O)O. The van der Waals surface area contributed by atoms with Gasteiger partial charge in [-0.1, -0.05) is 30.3 Å². The molecule has 0 heterocycles. The molecule has 1 rings (SSSR count). The molecule has 0 radical (unpaired) electrons. The number of ether oxygens (including phenoxy) is 1. The van der Waals surface area contributed by atoms with Gasteiger partial charge in [-0.15, -0.1) is 0 Å². The zero-order valence-electron chi connectivity index (χ0n) is 11.7. The van der Waals surface area contributed by atoms with Gasteiger partial charge in [0.25, 0.3) is 0 Å². The summed E-state index contributed by atoms with van der Waals surface area (Å²) in [6, 6.07) is 8.99. The van der Waals surface area contributed by atoms with E-state index in [0.717, 1.165) is 5.56 Å². The first kappa shape index (κ1) is 16.0. The third-order valence-corrected chi connectivity index (χ3v) is 3.22. The van der Waals surface area contributed by atoms with Crippen molar-refractivity contribution in [1.82, 2.24) is 5.32 Å². The van der Waals surface area contributed by atoms with Crippen LogP contribution in [0.4, 0.5) is 4.79 Å². The fraction of sp³-hybridized carbons (Fsp3) is 0.429. The van der Waals surface area contributed by atoms with E-state index in [0.29, 0.717) is 0 Å². The average Bonchev–Trinajstić information content (AvgIpc) is 2.36. The molecule has 0 aromatic heterocycles. The van der Waals surface area contributed by atoms with E-state index in [9.17, 15) is 19.8 Å². The van der Waals surface area contributed by atoms with E-state index in [2.05, 4.69) is 5.32 Å². The van der Waals surface area contributed by atoms with Crippen molar-refractivity contribution in [3.8, 4) is 0 Å². The third-order valence-electron chi connectivity index (χ3n) is 3.22. The third kappa shape index (κ3) is 3.71. The minimum absolute atomic E-state index is 0.0221. The lowest BCUT2D eigenvalue weighted by molar-refractivity contribution is -0.154. The van der Waals surface area contributed by atoms with Gasteiger partial charge in [0.05, 0.1) is 5.60 Å². The fourth-order valence-corrected chi connectivity index (χ4v) is 1.43. The van der Waals surface area contributed by atoms with Crippen molar-refractivity contribution in [2.75, 3.05) is 0 Å². The van der Waals surface area contributed by atoms with Crippen molar-refractivity contribution in [2.45, 2.75) is 38.5 Å². The van der Waals surface area contributed by atoms with Gasteiger partial charge in [0, 0.05) is 0 Å². The highest BCUT2D eigenvalue weighted by Crippen LogP contribution is 2.22. The normalized spacial score (nSPS) is 14.2. The molecular weight excluding hydrogens is 262 g/mol. The van der Waals surface area contributed by atoms with Crippen molar-refractivity contribution >= 4 is 12.1 Å². The summed E-state index contributed by atoms with van der Waals surface area (Å²) in [6.45, 7) is 3.85. The van der Waals surface area contributed by atoms with Gasteiger partial charge in [-0.25, -0.2) is 9.59 Å². The summed E-state index contributed by atoms with van der Waals surface area (Å²) in [5.74, 6) is -1.35. The molecule has 0 aliphatic heterocycles. The molecule has 0 fully saturated rings. The summed E-state index contributed by atoms with van der Waals surface area (Å²) in [4.78, 5) is 22.9. The van der Waals surface area contributed by atoms with Gasteiger partial charge in [-0.3, -0.25) is 0 Å². The van der Waals surface area contributed by atoms with Crippen molar-refractivity contribution in [3.05, 3.63) is 35.9 Å². The van der Waals surface area contributed by atoms with Crippen LogP contribution >= 0.6 is 0 Å². The van der Waals surface area contributed by atoms with Crippen LogP contribution in [-0.2, 0) is 16.1 Å². The number of carbonyl (C=O) groups is 2. The van der Waals surface area contributed by atoms with Crippen LogP contribution in [0.25, 0.3) is 0 Å². The number of amides is 1. The van der Waals surface area contributed by atoms with Gasteiger partial charge < -0.3 is 20.3 Å². The zero-order valence-corrected chi connectivity index (χ0v) is 11.7. The summed E-state index contributed by atoms with van der Waals surface area (Å²) in [5, 5.41) is 21.3. The number of carbonyl (C=O) groups excluding carboxylic acids is 1. The molecule has 0 bridgehead atoms. The van der Waals surface area contributed by atoms with Crippen LogP contribution in [-0.4, -0.2) is 33.4 Å². The van der Waals surface area contributed by atoms with Crippen LogP contribution in [0.3, 0.4) is 0 Å². The summed E-state index contributed by atoms with van der Waals surface area (Å²) < 4.78 is 4.94. The molecule has 1 amide bonds. The first-order chi connectivity index (χ1) is 9.17. The van der Waals surface area contributed by atoms with E-state index >= 15 is 0 Å². The lowest BCUT2D eigenvalue weighted by Gasteiger charge is -2.36. The van der Waals surface area contributed by atoms with Crippen molar-refractivity contribution in [2.24, 2.45) is 0 Å². The maximum atomic E-state index is 11.7. The van der Waals surface area contributed by atoms with Crippen LogP contribution < -0.4 is 5.32 Å². The number of aliphatic carboxylic acids is 1. The van der Waals surface area contributed by atoms with Gasteiger partial charge in [-0.2, -0.15) is 0 Å². The second kappa shape index (κ2) is 5.92. The highest BCUT2D eigenvalue weighted by Gasteiger charge is 2.48. The Balaban J connectivity index is 2.67. The summed E-state index contributed by atoms with van der Waals surface area (Å²) in [5.41, 5.74) is -2.71. The number of carboxylic acids is 1. The number of benzene rings is 1. The van der Waals surface area contributed by atoms with Crippen LogP contribution in [0.5, 0.6) is 0 Å². The molecule has 1 atom stereocenters. The van der Waals surface area contributed by atoms with E-state index in [1.54, 1.807) is 24.3 Å². The lowest BCUT2D eigenvalue weighted by Crippen LogP contribution is -2.64. The van der Waals surface area contributed by atoms with E-state index in [-0.39, 0.29) is 6.61 Å². The van der Waals surface area contributed by atoms with E-state index < -0.39 is 23.2 Å². The predicted octanol–water partition coefficient (Wildman–Crippen LogP) is 1.53. The largest absolute Gasteiger partial charge is 0.479 e. The van der Waals surface area contributed by atoms with E-state index in [1.807, 2.05) is 6.07 Å². The van der Waals surface area contributed by atoms with E-state index in [1.165, 1.54) is 20.8 Å². The Morgan fingerprint density at radius 3 is 2.20 bits per heavy atom. The highest BCUT2D eigenvalue weighted by atomic mass is 16.5. The highest BCUT2D eigenvalue weighted by molar-refractivity contribution is 5.85. The van der Waals surface area contributed by atoms with Crippen LogP contribution in [0.2, 0.25) is 0 Å². The molecule has 1 aromatic carbocycles. The maximum Gasteiger partial charge on any atom is 0.408 e. The number of hydrogen-bond acceptors (Lipinski definition) is 4. The monoisotopic (exact) mass is 281 g/mol. The minimum atomic E-state index is -1.85. The molecule has 1 aromatic rings. The Morgan fingerprint density at radius 2 is 1.75 bits per heavy atom.